The predicted molar refractivity (Wildman–Crippen MR) is 83.7 cm³/mol. The van der Waals surface area contributed by atoms with E-state index in [1.807, 2.05) is 36.7 Å². The van der Waals surface area contributed by atoms with Gasteiger partial charge in [0.05, 0.1) is 0 Å². The van der Waals surface area contributed by atoms with E-state index in [1.54, 1.807) is 6.20 Å². The van der Waals surface area contributed by atoms with E-state index in [0.29, 0.717) is 0 Å². The first-order valence-electron chi connectivity index (χ1n) is 7.11. The molecule has 0 atom stereocenters. The number of hydrogen-bond donors (Lipinski definition) is 2. The van der Waals surface area contributed by atoms with Gasteiger partial charge in [-0.2, -0.15) is 0 Å². The molecule has 106 valence electrons. The van der Waals surface area contributed by atoms with Crippen LogP contribution in [-0.4, -0.2) is 21.5 Å². The average molecular weight is 278 g/mol. The largest absolute Gasteiger partial charge is 0.341 e. The molecule has 0 saturated carbocycles. The second kappa shape index (κ2) is 6.81. The lowest BCUT2D eigenvalue weighted by Gasteiger charge is -2.03. The predicted octanol–water partition coefficient (Wildman–Crippen LogP) is 2.80. The molecule has 0 aliphatic heterocycles. The fraction of sp³-hybridized carbons (Fsp3) is 0.176. The van der Waals surface area contributed by atoms with Gasteiger partial charge >= 0.3 is 0 Å². The highest BCUT2D eigenvalue weighted by atomic mass is 15.0. The van der Waals surface area contributed by atoms with E-state index in [-0.39, 0.29) is 0 Å². The molecule has 2 heterocycles. The topological polar surface area (TPSA) is 53.6 Å². The van der Waals surface area contributed by atoms with Crippen LogP contribution in [0.3, 0.4) is 0 Å². The Morgan fingerprint density at radius 3 is 2.71 bits per heavy atom. The van der Waals surface area contributed by atoms with Crippen molar-refractivity contribution in [2.75, 3.05) is 6.54 Å². The first-order chi connectivity index (χ1) is 10.4. The van der Waals surface area contributed by atoms with E-state index < -0.39 is 0 Å². The van der Waals surface area contributed by atoms with Crippen LogP contribution in [-0.2, 0) is 13.0 Å². The van der Waals surface area contributed by atoms with Crippen molar-refractivity contribution < 1.29 is 0 Å². The van der Waals surface area contributed by atoms with Gasteiger partial charge in [0.2, 0.25) is 0 Å². The van der Waals surface area contributed by atoms with Crippen LogP contribution in [0.5, 0.6) is 0 Å². The van der Waals surface area contributed by atoms with Gasteiger partial charge in [0, 0.05) is 36.4 Å². The summed E-state index contributed by atoms with van der Waals surface area (Å²) in [6.07, 6.45) is 6.57. The molecule has 0 saturated heterocycles. The van der Waals surface area contributed by atoms with Crippen molar-refractivity contribution >= 4 is 0 Å². The maximum absolute atomic E-state index is 4.42. The standard InChI is InChI=1S/C17H18N4/c1-2-6-15(7-3-1)17-20-13-16(21-17)12-19-10-8-14-5-4-9-18-11-14/h1-7,9,11,13,19H,8,10,12H2,(H,20,21). The summed E-state index contributed by atoms with van der Waals surface area (Å²) in [5, 5.41) is 3.42. The van der Waals surface area contributed by atoms with Crippen LogP contribution >= 0.6 is 0 Å². The number of aromatic nitrogens is 3. The number of imidazole rings is 1. The lowest BCUT2D eigenvalue weighted by atomic mass is 10.2. The van der Waals surface area contributed by atoms with Gasteiger partial charge in [-0.15, -0.1) is 0 Å². The van der Waals surface area contributed by atoms with Gasteiger partial charge in [0.15, 0.2) is 0 Å². The van der Waals surface area contributed by atoms with E-state index in [4.69, 9.17) is 0 Å². The molecule has 0 spiro atoms. The smallest absolute Gasteiger partial charge is 0.137 e. The summed E-state index contributed by atoms with van der Waals surface area (Å²) in [4.78, 5) is 11.9. The van der Waals surface area contributed by atoms with Crippen LogP contribution in [0.4, 0.5) is 0 Å². The summed E-state index contributed by atoms with van der Waals surface area (Å²) >= 11 is 0. The third-order valence-corrected chi connectivity index (χ3v) is 3.30. The van der Waals surface area contributed by atoms with Gasteiger partial charge in [-0.1, -0.05) is 36.4 Å². The van der Waals surface area contributed by atoms with Crippen LogP contribution < -0.4 is 5.32 Å². The van der Waals surface area contributed by atoms with E-state index in [2.05, 4.69) is 38.5 Å². The molecule has 2 N–H and O–H groups in total. The normalized spacial score (nSPS) is 10.7. The number of pyridine rings is 1. The van der Waals surface area contributed by atoms with Gasteiger partial charge in [-0.25, -0.2) is 4.98 Å². The van der Waals surface area contributed by atoms with Crippen molar-refractivity contribution in [3.05, 3.63) is 72.3 Å². The Hall–Kier alpha value is -2.46. The van der Waals surface area contributed by atoms with Gasteiger partial charge < -0.3 is 10.3 Å². The number of benzene rings is 1. The minimum Gasteiger partial charge on any atom is -0.341 e. The third-order valence-electron chi connectivity index (χ3n) is 3.30. The third kappa shape index (κ3) is 3.77. The number of rotatable bonds is 6. The van der Waals surface area contributed by atoms with Gasteiger partial charge in [0.1, 0.15) is 5.82 Å². The van der Waals surface area contributed by atoms with Crippen LogP contribution in [0.25, 0.3) is 11.4 Å². The molecular weight excluding hydrogens is 260 g/mol. The number of aromatic amines is 1. The fourth-order valence-electron chi connectivity index (χ4n) is 2.19. The van der Waals surface area contributed by atoms with Crippen LogP contribution in [0.1, 0.15) is 11.3 Å². The van der Waals surface area contributed by atoms with Crippen molar-refractivity contribution in [1.82, 2.24) is 20.3 Å². The molecular formula is C17H18N4. The summed E-state index contributed by atoms with van der Waals surface area (Å²) < 4.78 is 0. The highest BCUT2D eigenvalue weighted by Gasteiger charge is 2.02. The maximum Gasteiger partial charge on any atom is 0.137 e. The molecule has 4 nitrogen and oxygen atoms in total. The highest BCUT2D eigenvalue weighted by molar-refractivity contribution is 5.54. The summed E-state index contributed by atoms with van der Waals surface area (Å²) in [5.74, 6) is 0.916. The van der Waals surface area contributed by atoms with Crippen molar-refractivity contribution in [3.8, 4) is 11.4 Å². The molecule has 0 aliphatic carbocycles. The Balaban J connectivity index is 1.49. The molecule has 21 heavy (non-hydrogen) atoms. The van der Waals surface area contributed by atoms with Crippen molar-refractivity contribution in [1.29, 1.82) is 0 Å². The van der Waals surface area contributed by atoms with Crippen molar-refractivity contribution in [2.45, 2.75) is 13.0 Å². The number of nitrogens with one attached hydrogen (secondary N) is 2. The molecule has 0 radical (unpaired) electrons. The molecule has 4 heteroatoms. The summed E-state index contributed by atoms with van der Waals surface area (Å²) in [6.45, 7) is 1.71. The van der Waals surface area contributed by atoms with Crippen molar-refractivity contribution in [2.24, 2.45) is 0 Å². The lowest BCUT2D eigenvalue weighted by molar-refractivity contribution is 0.676. The molecule has 0 fully saturated rings. The average Bonchev–Trinajstić information content (AvgIpc) is 3.02. The van der Waals surface area contributed by atoms with E-state index in [0.717, 1.165) is 36.6 Å². The van der Waals surface area contributed by atoms with E-state index in [1.165, 1.54) is 5.56 Å². The van der Waals surface area contributed by atoms with Crippen LogP contribution in [0.15, 0.2) is 61.1 Å². The quantitative estimate of drug-likeness (QED) is 0.682. The first-order valence-corrected chi connectivity index (χ1v) is 7.11. The number of nitrogens with zero attached hydrogens (tertiary/aromatic N) is 2. The summed E-state index contributed by atoms with van der Waals surface area (Å²) in [7, 11) is 0. The Morgan fingerprint density at radius 2 is 1.90 bits per heavy atom. The molecule has 0 amide bonds. The molecule has 0 unspecified atom stereocenters. The van der Waals surface area contributed by atoms with Gasteiger partial charge in [0.25, 0.3) is 0 Å². The second-order valence-corrected chi connectivity index (χ2v) is 4.91. The minimum atomic E-state index is 0.792. The monoisotopic (exact) mass is 278 g/mol. The van der Waals surface area contributed by atoms with E-state index in [9.17, 15) is 0 Å². The summed E-state index contributed by atoms with van der Waals surface area (Å²) in [5.41, 5.74) is 3.46. The molecule has 0 bridgehead atoms. The molecule has 2 aromatic heterocycles. The Kier molecular flexibility index (Phi) is 4.39. The van der Waals surface area contributed by atoms with Crippen LogP contribution in [0.2, 0.25) is 0 Å². The Morgan fingerprint density at radius 1 is 1.00 bits per heavy atom. The second-order valence-electron chi connectivity index (χ2n) is 4.91. The molecule has 3 rings (SSSR count). The van der Waals surface area contributed by atoms with Gasteiger partial charge in [-0.05, 0) is 24.6 Å². The zero-order chi connectivity index (χ0) is 14.3. The lowest BCUT2D eigenvalue weighted by Crippen LogP contribution is -2.16. The first kappa shape index (κ1) is 13.5. The zero-order valence-electron chi connectivity index (χ0n) is 11.8. The van der Waals surface area contributed by atoms with Crippen LogP contribution in [0, 0.1) is 0 Å². The minimum absolute atomic E-state index is 0.792. The van der Waals surface area contributed by atoms with Gasteiger partial charge in [-0.3, -0.25) is 4.98 Å². The maximum atomic E-state index is 4.42. The zero-order valence-corrected chi connectivity index (χ0v) is 11.8. The Bertz CT molecular complexity index is 662. The van der Waals surface area contributed by atoms with Crippen molar-refractivity contribution in [3.63, 3.8) is 0 Å². The fourth-order valence-corrected chi connectivity index (χ4v) is 2.19. The number of H-pyrrole nitrogens is 1. The SMILES string of the molecule is c1ccc(-c2ncc(CNCCc3cccnc3)[nH]2)cc1. The highest BCUT2D eigenvalue weighted by Crippen LogP contribution is 2.14. The Labute approximate surface area is 124 Å². The molecule has 0 aliphatic rings. The van der Waals surface area contributed by atoms with E-state index >= 15 is 0 Å². The molecule has 1 aromatic carbocycles. The number of hydrogen-bond acceptors (Lipinski definition) is 3. The summed E-state index contributed by atoms with van der Waals surface area (Å²) in [6, 6.07) is 14.2. The molecule has 3 aromatic rings.